The van der Waals surface area contributed by atoms with Gasteiger partial charge in [0, 0.05) is 28.9 Å². The number of benzene rings is 2. The number of hydrogen-bond acceptors (Lipinski definition) is 4. The number of aryl methyl sites for hydroxylation is 6. The molecule has 4 fully saturated rings. The molecule has 0 saturated heterocycles. The van der Waals surface area contributed by atoms with E-state index in [-0.39, 0.29) is 101 Å². The molecule has 8 heteroatoms. The Morgan fingerprint density at radius 3 is 1.34 bits per heavy atom. The van der Waals surface area contributed by atoms with Gasteiger partial charge in [-0.15, -0.1) is 0 Å². The maximum Gasteiger partial charge on any atom is 2.00 e. The van der Waals surface area contributed by atoms with Crippen molar-refractivity contribution >= 4 is 35.0 Å². The minimum Gasteiger partial charge on any atom is -1.00 e. The van der Waals surface area contributed by atoms with Gasteiger partial charge in [-0.1, -0.05) is 137 Å². The van der Waals surface area contributed by atoms with Crippen LogP contribution in [0.4, 0.5) is 11.4 Å². The molecule has 2 aromatic heterocycles. The monoisotopic (exact) mass is 937 g/mol. The molecule has 0 atom stereocenters. The molecule has 4 nitrogen and oxygen atoms in total. The van der Waals surface area contributed by atoms with Gasteiger partial charge >= 0.3 is 53.0 Å². The predicted octanol–water partition coefficient (Wildman–Crippen LogP) is 12.3. The van der Waals surface area contributed by atoms with Crippen molar-refractivity contribution in [2.24, 2.45) is 4.99 Å². The Hall–Kier alpha value is -1.62. The number of pyridine rings is 2. The molecule has 0 amide bonds. The van der Waals surface area contributed by atoms with Crippen molar-refractivity contribution in [3.8, 4) is 0 Å². The van der Waals surface area contributed by atoms with Crippen molar-refractivity contribution in [2.75, 3.05) is 5.32 Å². The van der Waals surface area contributed by atoms with Crippen molar-refractivity contribution in [3.63, 3.8) is 0 Å². The first kappa shape index (κ1) is 67.0. The largest absolute Gasteiger partial charge is 2.00 e. The standard InChI is InChI=1S/C20H26N2.C20H24N2.2C5H10.4CH3.Al.2Fe.Li.4H/c2*1-14-11-15(2)20(16(3)12-14)21-13-18-9-6-10-19(22-18)17-7-4-5-8-17;2*1-2-4-5-3-1;;;;;;;;;;;;/h6,9-12,17,21H,4-5,7-8,13H2,1-3H3;6,9-13,17H,4-5,7-8H2,1-3H3;2*1-5H2;4*1H3;;;;;;;;/q;;;;4*-1;;2*+2;+1;;;;-1. The third-order valence-electron chi connectivity index (χ3n) is 11.8. The second-order valence-electron chi connectivity index (χ2n) is 16.7. The van der Waals surface area contributed by atoms with Gasteiger partial charge in [-0.05, 0) is 114 Å². The van der Waals surface area contributed by atoms with Crippen LogP contribution in [-0.4, -0.2) is 33.5 Å². The number of rotatable bonds is 7. The Labute approximate surface area is 428 Å². The van der Waals surface area contributed by atoms with Crippen molar-refractivity contribution < 1.29 is 54.4 Å². The van der Waals surface area contributed by atoms with E-state index in [1.165, 1.54) is 166 Å². The van der Waals surface area contributed by atoms with Gasteiger partial charge in [-0.2, -0.15) is 0 Å². The second kappa shape index (κ2) is 36.6. The molecule has 0 bridgehead atoms. The van der Waals surface area contributed by atoms with Crippen molar-refractivity contribution in [1.82, 2.24) is 9.97 Å². The molecule has 0 unspecified atom stereocenters. The Morgan fingerprint density at radius 1 is 0.548 bits per heavy atom. The fourth-order valence-electron chi connectivity index (χ4n) is 8.95. The smallest absolute Gasteiger partial charge is 1.00 e. The number of nitrogens with one attached hydrogen (secondary N) is 1. The van der Waals surface area contributed by atoms with E-state index in [9.17, 15) is 0 Å². The average molecular weight is 937 g/mol. The molecular weight excluding hydrogens is 850 g/mol. The van der Waals surface area contributed by atoms with E-state index in [1.54, 1.807) is 0 Å². The molecule has 342 valence electrons. The molecule has 2 heterocycles. The zero-order valence-corrected chi connectivity index (χ0v) is 42.7. The third kappa shape index (κ3) is 22.5. The molecular formula is C54H86AlFe2LiN4. The minimum absolute atomic E-state index is 0. The number of nitrogens with zero attached hydrogens (tertiary/aromatic N) is 3. The molecule has 0 radical (unpaired) electrons. The Kier molecular flexibility index (Phi) is 39.5. The Bertz CT molecular complexity index is 1710. The van der Waals surface area contributed by atoms with E-state index < -0.39 is 0 Å². The first-order valence-corrected chi connectivity index (χ1v) is 21.6. The van der Waals surface area contributed by atoms with Gasteiger partial charge in [-0.3, -0.25) is 15.0 Å². The van der Waals surface area contributed by atoms with Crippen LogP contribution in [0.5, 0.6) is 0 Å². The zero-order valence-electron chi connectivity index (χ0n) is 41.5. The molecule has 8 rings (SSSR count). The van der Waals surface area contributed by atoms with Gasteiger partial charge in [-0.25, -0.2) is 0 Å². The van der Waals surface area contributed by atoms with E-state index in [0.717, 1.165) is 23.6 Å². The molecule has 2 aromatic carbocycles. The summed E-state index contributed by atoms with van der Waals surface area (Å²) in [7, 11) is 0. The summed E-state index contributed by atoms with van der Waals surface area (Å²) < 4.78 is 0. The van der Waals surface area contributed by atoms with Gasteiger partial charge < -0.3 is 36.5 Å². The molecule has 1 N–H and O–H groups in total. The van der Waals surface area contributed by atoms with Crippen LogP contribution in [-0.2, 0) is 40.7 Å². The second-order valence-corrected chi connectivity index (χ2v) is 16.7. The SMILES string of the molecule is C1CCCC1.C1CCCC1.Cc1cc(C)c(N=Cc2cccc(C3CCCC3)n2)c(C)c1.Cc1cc(C)c(NCc2cccc(C3CCCC3)n2)c(C)c1.[AlH3].[CH3-].[CH3-].[CH3-].[CH3-].[Fe+2].[Fe+2].[H-].[Li+]. The quantitative estimate of drug-likeness (QED) is 0.114. The van der Waals surface area contributed by atoms with Crippen LogP contribution in [0.1, 0.15) is 185 Å². The van der Waals surface area contributed by atoms with E-state index >= 15 is 0 Å². The third-order valence-corrected chi connectivity index (χ3v) is 11.8. The van der Waals surface area contributed by atoms with Crippen molar-refractivity contribution in [1.29, 1.82) is 0 Å². The summed E-state index contributed by atoms with van der Waals surface area (Å²) in [5, 5.41) is 3.58. The molecule has 62 heavy (non-hydrogen) atoms. The summed E-state index contributed by atoms with van der Waals surface area (Å²) in [4.78, 5) is 14.4. The minimum atomic E-state index is 0. The Balaban J connectivity index is -0.000000260. The molecule has 4 aliphatic rings. The summed E-state index contributed by atoms with van der Waals surface area (Å²) >= 11 is 0. The van der Waals surface area contributed by atoms with Crippen molar-refractivity contribution in [2.45, 2.75) is 175 Å². The van der Waals surface area contributed by atoms with Crippen LogP contribution >= 0.6 is 0 Å². The van der Waals surface area contributed by atoms with Crippen molar-refractivity contribution in [3.05, 3.63) is 147 Å². The van der Waals surface area contributed by atoms with Crippen LogP contribution in [0.2, 0.25) is 0 Å². The topological polar surface area (TPSA) is 50.2 Å². The maximum absolute atomic E-state index is 4.88. The molecule has 4 aromatic rings. The fourth-order valence-corrected chi connectivity index (χ4v) is 8.95. The van der Waals surface area contributed by atoms with Crippen LogP contribution in [0, 0.1) is 71.2 Å². The van der Waals surface area contributed by atoms with Crippen LogP contribution in [0.25, 0.3) is 0 Å². The number of hydrogen-bond donors (Lipinski definition) is 1. The summed E-state index contributed by atoms with van der Waals surface area (Å²) in [6.45, 7) is 13.7. The van der Waals surface area contributed by atoms with E-state index in [2.05, 4.69) is 101 Å². The molecule has 0 spiro atoms. The molecule has 4 saturated carbocycles. The first-order valence-electron chi connectivity index (χ1n) is 21.6. The number of aromatic nitrogens is 2. The van der Waals surface area contributed by atoms with Gasteiger partial charge in [0.15, 0.2) is 17.4 Å². The van der Waals surface area contributed by atoms with Crippen LogP contribution in [0.3, 0.4) is 0 Å². The molecule has 4 aliphatic carbocycles. The summed E-state index contributed by atoms with van der Waals surface area (Å²) in [6, 6.07) is 21.6. The summed E-state index contributed by atoms with van der Waals surface area (Å²) in [6.07, 6.45) is 27.5. The fraction of sp³-hybridized carbons (Fsp3) is 0.500. The molecule has 0 aliphatic heterocycles. The van der Waals surface area contributed by atoms with E-state index in [0.29, 0.717) is 11.8 Å². The van der Waals surface area contributed by atoms with Gasteiger partial charge in [0.2, 0.25) is 0 Å². The predicted molar refractivity (Wildman–Crippen MR) is 270 cm³/mol. The van der Waals surface area contributed by atoms with Gasteiger partial charge in [0.25, 0.3) is 0 Å². The van der Waals surface area contributed by atoms with Crippen LogP contribution < -0.4 is 24.2 Å². The first-order chi connectivity index (χ1) is 26.3. The normalized spacial score (nSPS) is 14.9. The van der Waals surface area contributed by atoms with Gasteiger partial charge in [0.1, 0.15) is 0 Å². The maximum atomic E-state index is 4.88. The summed E-state index contributed by atoms with van der Waals surface area (Å²) in [5.74, 6) is 1.33. The van der Waals surface area contributed by atoms with E-state index in [4.69, 9.17) is 15.0 Å². The Morgan fingerprint density at radius 2 is 0.919 bits per heavy atom. The van der Waals surface area contributed by atoms with Crippen LogP contribution in [0.15, 0.2) is 65.7 Å². The van der Waals surface area contributed by atoms with Gasteiger partial charge in [0.05, 0.1) is 29.8 Å². The number of anilines is 1. The summed E-state index contributed by atoms with van der Waals surface area (Å²) in [5.41, 5.74) is 14.6. The number of aliphatic imine (C=N–C) groups is 1. The van der Waals surface area contributed by atoms with E-state index in [1.807, 2.05) is 12.3 Å². The zero-order chi connectivity index (χ0) is 38.1. The average Bonchev–Trinajstić information content (AvgIpc) is 4.00.